The lowest BCUT2D eigenvalue weighted by atomic mass is 10.2. The molecule has 1 fully saturated rings. The van der Waals surface area contributed by atoms with Gasteiger partial charge in [-0.2, -0.15) is 0 Å². The Morgan fingerprint density at radius 1 is 1.44 bits per heavy atom. The van der Waals surface area contributed by atoms with Crippen molar-refractivity contribution < 1.29 is 4.79 Å². The number of amides is 1. The van der Waals surface area contributed by atoms with Gasteiger partial charge in [-0.15, -0.1) is 0 Å². The van der Waals surface area contributed by atoms with Crippen LogP contribution < -0.4 is 10.6 Å². The number of hydrogen-bond acceptors (Lipinski definition) is 5. The number of carbonyl (C=O) groups excluding carboxylic acids is 1. The minimum atomic E-state index is -0.167. The molecule has 0 aromatic carbocycles. The highest BCUT2D eigenvalue weighted by atomic mass is 16.2. The van der Waals surface area contributed by atoms with Gasteiger partial charge in [-0.1, -0.05) is 6.92 Å². The van der Waals surface area contributed by atoms with Gasteiger partial charge < -0.3 is 15.5 Å². The van der Waals surface area contributed by atoms with Crippen LogP contribution in [-0.4, -0.2) is 47.5 Å². The van der Waals surface area contributed by atoms with Crippen LogP contribution in [0.15, 0.2) is 6.07 Å². The van der Waals surface area contributed by atoms with E-state index in [0.717, 1.165) is 31.0 Å². The number of nitrogens with one attached hydrogen (secondary N) is 2. The zero-order valence-electron chi connectivity index (χ0n) is 11.0. The monoisotopic (exact) mass is 249 g/mol. The number of likely N-dealkylation sites (N-methyl/N-ethyl adjacent to an activating group) is 1. The number of aromatic nitrogens is 2. The average molecular weight is 249 g/mol. The van der Waals surface area contributed by atoms with E-state index in [0.29, 0.717) is 5.82 Å². The van der Waals surface area contributed by atoms with Gasteiger partial charge in [0.1, 0.15) is 23.5 Å². The Hall–Kier alpha value is -1.85. The van der Waals surface area contributed by atoms with E-state index in [1.165, 1.54) is 0 Å². The fourth-order valence-corrected chi connectivity index (χ4v) is 1.99. The molecular formula is C12H19N5O. The first-order chi connectivity index (χ1) is 8.63. The summed E-state index contributed by atoms with van der Waals surface area (Å²) >= 11 is 0. The first kappa shape index (κ1) is 12.6. The number of anilines is 2. The summed E-state index contributed by atoms with van der Waals surface area (Å²) in [5.41, 5.74) is 0. The minimum Gasteiger partial charge on any atom is -0.373 e. The standard InChI is InChI=1S/C12H19N5O/c1-4-9-15-10(13-2)7-11(16-9)14-8-5-6-17(3)12(8)18/h7-8H,4-6H2,1-3H3,(H2,13,14,15,16). The first-order valence-electron chi connectivity index (χ1n) is 6.21. The minimum absolute atomic E-state index is 0.123. The van der Waals surface area contributed by atoms with E-state index in [1.807, 2.05) is 27.1 Å². The highest BCUT2D eigenvalue weighted by molar-refractivity contribution is 5.86. The summed E-state index contributed by atoms with van der Waals surface area (Å²) in [6.45, 7) is 2.80. The van der Waals surface area contributed by atoms with E-state index in [1.54, 1.807) is 4.90 Å². The lowest BCUT2D eigenvalue weighted by Crippen LogP contribution is -2.31. The maximum atomic E-state index is 11.8. The van der Waals surface area contributed by atoms with E-state index in [9.17, 15) is 4.79 Å². The van der Waals surface area contributed by atoms with Crippen molar-refractivity contribution in [1.29, 1.82) is 0 Å². The molecule has 6 nitrogen and oxygen atoms in total. The third kappa shape index (κ3) is 2.52. The van der Waals surface area contributed by atoms with E-state index < -0.39 is 0 Å². The molecule has 1 saturated heterocycles. The second-order valence-electron chi connectivity index (χ2n) is 4.40. The Labute approximate surface area is 107 Å². The number of nitrogens with zero attached hydrogens (tertiary/aromatic N) is 3. The molecule has 6 heteroatoms. The van der Waals surface area contributed by atoms with Crippen LogP contribution in [0.25, 0.3) is 0 Å². The molecule has 1 aromatic rings. The average Bonchev–Trinajstić information content (AvgIpc) is 2.70. The van der Waals surface area contributed by atoms with Crippen molar-refractivity contribution in [3.8, 4) is 0 Å². The quantitative estimate of drug-likeness (QED) is 0.823. The summed E-state index contributed by atoms with van der Waals surface area (Å²) in [6.07, 6.45) is 1.58. The second-order valence-corrected chi connectivity index (χ2v) is 4.40. The van der Waals surface area contributed by atoms with Crippen molar-refractivity contribution in [3.05, 3.63) is 11.9 Å². The molecule has 18 heavy (non-hydrogen) atoms. The van der Waals surface area contributed by atoms with E-state index in [-0.39, 0.29) is 11.9 Å². The van der Waals surface area contributed by atoms with Crippen LogP contribution >= 0.6 is 0 Å². The van der Waals surface area contributed by atoms with Crippen molar-refractivity contribution in [2.75, 3.05) is 31.3 Å². The number of rotatable bonds is 4. The van der Waals surface area contributed by atoms with Crippen LogP contribution in [0.3, 0.4) is 0 Å². The van der Waals surface area contributed by atoms with Gasteiger partial charge in [-0.05, 0) is 6.42 Å². The first-order valence-corrected chi connectivity index (χ1v) is 6.21. The molecular weight excluding hydrogens is 230 g/mol. The van der Waals surface area contributed by atoms with Gasteiger partial charge in [-0.25, -0.2) is 9.97 Å². The molecule has 0 aliphatic carbocycles. The molecule has 2 heterocycles. The van der Waals surface area contributed by atoms with Crippen molar-refractivity contribution in [2.24, 2.45) is 0 Å². The Morgan fingerprint density at radius 2 is 2.17 bits per heavy atom. The predicted molar refractivity (Wildman–Crippen MR) is 70.6 cm³/mol. The molecule has 0 radical (unpaired) electrons. The number of carbonyl (C=O) groups is 1. The van der Waals surface area contributed by atoms with Crippen LogP contribution in [0.5, 0.6) is 0 Å². The largest absolute Gasteiger partial charge is 0.373 e. The molecule has 2 N–H and O–H groups in total. The fraction of sp³-hybridized carbons (Fsp3) is 0.583. The zero-order valence-corrected chi connectivity index (χ0v) is 11.0. The number of hydrogen-bond donors (Lipinski definition) is 2. The maximum absolute atomic E-state index is 11.8. The summed E-state index contributed by atoms with van der Waals surface area (Å²) < 4.78 is 0. The summed E-state index contributed by atoms with van der Waals surface area (Å²) in [5.74, 6) is 2.36. The van der Waals surface area contributed by atoms with Gasteiger partial charge in [0.25, 0.3) is 0 Å². The third-order valence-electron chi connectivity index (χ3n) is 3.09. The van der Waals surface area contributed by atoms with E-state index in [4.69, 9.17) is 0 Å². The van der Waals surface area contributed by atoms with Gasteiger partial charge in [0.05, 0.1) is 0 Å². The van der Waals surface area contributed by atoms with E-state index >= 15 is 0 Å². The van der Waals surface area contributed by atoms with Crippen molar-refractivity contribution in [2.45, 2.75) is 25.8 Å². The smallest absolute Gasteiger partial charge is 0.244 e. The van der Waals surface area contributed by atoms with Crippen molar-refractivity contribution in [1.82, 2.24) is 14.9 Å². The Bertz CT molecular complexity index is 426. The normalized spacial score (nSPS) is 19.2. The van der Waals surface area contributed by atoms with Gasteiger partial charge in [-0.3, -0.25) is 4.79 Å². The Morgan fingerprint density at radius 3 is 2.72 bits per heavy atom. The van der Waals surface area contributed by atoms with Crippen LogP contribution in [-0.2, 0) is 11.2 Å². The Kier molecular flexibility index (Phi) is 3.64. The van der Waals surface area contributed by atoms with E-state index in [2.05, 4.69) is 20.6 Å². The molecule has 1 aliphatic rings. The van der Waals surface area contributed by atoms with Crippen LogP contribution in [0.4, 0.5) is 11.6 Å². The number of likely N-dealkylation sites (tertiary alicyclic amines) is 1. The van der Waals surface area contributed by atoms with Gasteiger partial charge >= 0.3 is 0 Å². The summed E-state index contributed by atoms with van der Waals surface area (Å²) in [7, 11) is 3.64. The molecule has 0 spiro atoms. The van der Waals surface area contributed by atoms with Gasteiger partial charge in [0.2, 0.25) is 5.91 Å². The molecule has 1 unspecified atom stereocenters. The van der Waals surface area contributed by atoms with Crippen molar-refractivity contribution in [3.63, 3.8) is 0 Å². The molecule has 0 saturated carbocycles. The van der Waals surface area contributed by atoms with Gasteiger partial charge in [0, 0.05) is 33.1 Å². The highest BCUT2D eigenvalue weighted by Crippen LogP contribution is 2.17. The summed E-state index contributed by atoms with van der Waals surface area (Å²) in [6, 6.07) is 1.66. The fourth-order valence-electron chi connectivity index (χ4n) is 1.99. The summed E-state index contributed by atoms with van der Waals surface area (Å²) in [4.78, 5) is 22.3. The van der Waals surface area contributed by atoms with Gasteiger partial charge in [0.15, 0.2) is 0 Å². The SMILES string of the molecule is CCc1nc(NC)cc(NC2CCN(C)C2=O)n1. The molecule has 1 aliphatic heterocycles. The molecule has 1 atom stereocenters. The third-order valence-corrected chi connectivity index (χ3v) is 3.09. The Balaban J connectivity index is 2.16. The molecule has 98 valence electrons. The summed E-state index contributed by atoms with van der Waals surface area (Å²) in [5, 5.41) is 6.19. The molecule has 1 amide bonds. The molecule has 2 rings (SSSR count). The number of aryl methyl sites for hydroxylation is 1. The highest BCUT2D eigenvalue weighted by Gasteiger charge is 2.29. The topological polar surface area (TPSA) is 70.2 Å². The zero-order chi connectivity index (χ0) is 13.1. The molecule has 1 aromatic heterocycles. The lowest BCUT2D eigenvalue weighted by Gasteiger charge is -2.14. The predicted octanol–water partition coefficient (Wildman–Crippen LogP) is 0.723. The van der Waals surface area contributed by atoms with Crippen LogP contribution in [0.1, 0.15) is 19.2 Å². The van der Waals surface area contributed by atoms with Crippen molar-refractivity contribution >= 4 is 17.5 Å². The second kappa shape index (κ2) is 5.20. The van der Waals surface area contributed by atoms with Crippen LogP contribution in [0.2, 0.25) is 0 Å². The maximum Gasteiger partial charge on any atom is 0.244 e. The van der Waals surface area contributed by atoms with Crippen LogP contribution in [0, 0.1) is 0 Å². The lowest BCUT2D eigenvalue weighted by molar-refractivity contribution is -0.127. The molecule has 0 bridgehead atoms.